The number of hydrogen-bond acceptors (Lipinski definition) is 16. The fourth-order valence-corrected chi connectivity index (χ4v) is 11.8. The molecular weight excluding hydrogens is 901 g/mol. The molecule has 3 aliphatic heterocycles. The molecule has 0 aliphatic carbocycles. The molecule has 0 bridgehead atoms. The number of likely N-dealkylation sites (N-methyl/N-ethyl adjacent to an activating group) is 2. The molecule has 5 rings (SSSR count). The summed E-state index contributed by atoms with van der Waals surface area (Å²) in [5.74, 6) is -2.11. The number of benzene rings is 1. The molecule has 1 aromatic carbocycles. The van der Waals surface area contributed by atoms with Gasteiger partial charge in [0.05, 0.1) is 47.4 Å². The number of nitrogens with zero attached hydrogens (tertiary/aromatic N) is 8. The summed E-state index contributed by atoms with van der Waals surface area (Å²) in [7, 11) is 5.39. The Morgan fingerprint density at radius 1 is 0.929 bits per heavy atom. The van der Waals surface area contributed by atoms with Crippen LogP contribution in [0.25, 0.3) is 10.4 Å². The van der Waals surface area contributed by atoms with Gasteiger partial charge in [-0.05, 0) is 123 Å². The molecule has 0 radical (unpaired) electrons. The number of aliphatic hydroxyl groups excluding tert-OH is 4. The van der Waals surface area contributed by atoms with Crippen LogP contribution in [0.1, 0.15) is 119 Å². The minimum Gasteiger partial charge on any atom is -0.388 e. The van der Waals surface area contributed by atoms with Gasteiger partial charge in [0, 0.05) is 74.4 Å². The number of aliphatic hydroxyl groups is 6. The average Bonchev–Trinajstić information content (AvgIpc) is 3.77. The van der Waals surface area contributed by atoms with Crippen LogP contribution in [0.3, 0.4) is 0 Å². The fraction of sp³-hybridized carbons (Fsp3) is 0.843. The van der Waals surface area contributed by atoms with Crippen LogP contribution >= 0.6 is 0 Å². The smallest absolute Gasteiger partial charge is 0.185 e. The molecule has 6 N–H and O–H groups in total. The lowest BCUT2D eigenvalue weighted by Gasteiger charge is -2.52. The van der Waals surface area contributed by atoms with E-state index in [1.807, 2.05) is 103 Å². The number of ether oxygens (including phenoxy) is 5. The van der Waals surface area contributed by atoms with Gasteiger partial charge in [-0.1, -0.05) is 62.3 Å². The predicted octanol–water partition coefficient (Wildman–Crippen LogP) is 5.14. The lowest BCUT2D eigenvalue weighted by molar-refractivity contribution is -0.307. The van der Waals surface area contributed by atoms with Gasteiger partial charge < -0.3 is 64.1 Å². The van der Waals surface area contributed by atoms with Crippen molar-refractivity contribution in [1.29, 1.82) is 0 Å². The number of azide groups is 1. The summed E-state index contributed by atoms with van der Waals surface area (Å²) in [5.41, 5.74) is 6.94. The summed E-state index contributed by atoms with van der Waals surface area (Å²) in [6.07, 6.45) is -2.91. The minimum atomic E-state index is -1.75. The molecule has 2 aromatic rings. The molecule has 3 aliphatic rings. The zero-order valence-corrected chi connectivity index (χ0v) is 44.2. The SMILES string of the molecule is CC[C@H]1OC(O)[C@H](C)[C@@H](C2C[C@@](C)(OC)[C@@H](O)[C@H](C)O2)[C@H](C)[C@@H](O[C@@H]2O[C@H](C)C[C@H](N(C)CCc3cn(CCCCc4ccc(N=[N+]=[N-])cc4)nn3)[C@H]2O)[C@](C)(O)C[C@@H](C)CN(C)[C@H](C)[C@@H](O)[C@]1(C)O. The zero-order valence-electron chi connectivity index (χ0n) is 44.2. The van der Waals surface area contributed by atoms with Crippen molar-refractivity contribution in [2.75, 3.05) is 34.3 Å². The van der Waals surface area contributed by atoms with E-state index in [0.717, 1.165) is 31.5 Å². The second kappa shape index (κ2) is 24.9. The highest BCUT2D eigenvalue weighted by molar-refractivity contribution is 5.38. The highest BCUT2D eigenvalue weighted by Crippen LogP contribution is 2.45. The van der Waals surface area contributed by atoms with E-state index in [9.17, 15) is 30.6 Å². The van der Waals surface area contributed by atoms with Gasteiger partial charge in [0.2, 0.25) is 0 Å². The Hall–Kier alpha value is -2.85. The van der Waals surface area contributed by atoms with Crippen molar-refractivity contribution in [3.05, 3.63) is 52.2 Å². The quantitative estimate of drug-likeness (QED) is 0.0585. The van der Waals surface area contributed by atoms with Crippen molar-refractivity contribution in [3.8, 4) is 0 Å². The molecule has 3 fully saturated rings. The maximum Gasteiger partial charge on any atom is 0.185 e. The van der Waals surface area contributed by atoms with Crippen molar-refractivity contribution in [2.45, 2.75) is 217 Å². The van der Waals surface area contributed by atoms with E-state index in [1.165, 1.54) is 12.5 Å². The molecule has 19 atom stereocenters. The van der Waals surface area contributed by atoms with Crippen LogP contribution in [-0.2, 0) is 43.1 Å². The normalized spacial score (nSPS) is 40.9. The Balaban J connectivity index is 1.39. The lowest BCUT2D eigenvalue weighted by atomic mass is 9.68. The number of rotatable bonds is 15. The Kier molecular flexibility index (Phi) is 20.7. The maximum absolute atomic E-state index is 12.9. The van der Waals surface area contributed by atoms with Gasteiger partial charge in [-0.2, -0.15) is 0 Å². The van der Waals surface area contributed by atoms with E-state index in [-0.39, 0.29) is 37.3 Å². The first kappa shape index (κ1) is 58.0. The summed E-state index contributed by atoms with van der Waals surface area (Å²) in [6, 6.07) is 6.70. The molecular formula is C51H88N8O11. The van der Waals surface area contributed by atoms with E-state index < -0.39 is 95.9 Å². The molecule has 3 saturated heterocycles. The van der Waals surface area contributed by atoms with Gasteiger partial charge in [-0.15, -0.1) is 5.10 Å². The summed E-state index contributed by atoms with van der Waals surface area (Å²) >= 11 is 0. The monoisotopic (exact) mass is 989 g/mol. The van der Waals surface area contributed by atoms with Crippen molar-refractivity contribution >= 4 is 5.69 Å². The van der Waals surface area contributed by atoms with Crippen LogP contribution in [0.2, 0.25) is 0 Å². The highest BCUT2D eigenvalue weighted by Gasteiger charge is 2.55. The van der Waals surface area contributed by atoms with Gasteiger partial charge in [0.15, 0.2) is 12.6 Å². The third kappa shape index (κ3) is 14.0. The molecule has 398 valence electrons. The molecule has 4 heterocycles. The number of methoxy groups -OCH3 is 1. The molecule has 19 nitrogen and oxygen atoms in total. The average molecular weight is 989 g/mol. The first-order valence-corrected chi connectivity index (χ1v) is 25.6. The topological polar surface area (TPSA) is 253 Å². The second-order valence-electron chi connectivity index (χ2n) is 22.0. The zero-order chi connectivity index (χ0) is 51.9. The molecule has 0 saturated carbocycles. The van der Waals surface area contributed by atoms with Crippen LogP contribution in [0.5, 0.6) is 0 Å². The molecule has 0 spiro atoms. The molecule has 2 unspecified atom stereocenters. The van der Waals surface area contributed by atoms with Gasteiger partial charge in [0.25, 0.3) is 0 Å². The molecule has 70 heavy (non-hydrogen) atoms. The van der Waals surface area contributed by atoms with Crippen molar-refractivity contribution in [2.24, 2.45) is 28.8 Å². The third-order valence-electron chi connectivity index (χ3n) is 16.1. The van der Waals surface area contributed by atoms with E-state index in [0.29, 0.717) is 31.6 Å². The first-order chi connectivity index (χ1) is 32.9. The van der Waals surface area contributed by atoms with Crippen molar-refractivity contribution in [1.82, 2.24) is 24.8 Å². The Morgan fingerprint density at radius 3 is 2.26 bits per heavy atom. The van der Waals surface area contributed by atoms with Crippen LogP contribution in [0.4, 0.5) is 5.69 Å². The fourth-order valence-electron chi connectivity index (χ4n) is 11.8. The Labute approximate surface area is 416 Å². The van der Waals surface area contributed by atoms with Crippen molar-refractivity contribution in [3.63, 3.8) is 0 Å². The van der Waals surface area contributed by atoms with Crippen LogP contribution in [-0.4, -0.2) is 180 Å². The van der Waals surface area contributed by atoms with Gasteiger partial charge in [0.1, 0.15) is 23.9 Å². The van der Waals surface area contributed by atoms with Crippen LogP contribution in [0, 0.1) is 23.7 Å². The van der Waals surface area contributed by atoms with Gasteiger partial charge in [-0.25, -0.2) is 0 Å². The van der Waals surface area contributed by atoms with Gasteiger partial charge >= 0.3 is 0 Å². The van der Waals surface area contributed by atoms with E-state index in [4.69, 9.17) is 29.2 Å². The van der Waals surface area contributed by atoms with E-state index >= 15 is 0 Å². The standard InChI is InChI=1S/C51H88N8O11/c1-14-41-51(10,65)44(61)34(6)58(12)28-30(2)26-49(8,64)46(32(4)42(33(5)47(63)69-41)40-27-50(9,66-13)45(62)35(7)68-40)70-48-43(60)39(25-31(3)67-48)57(11)24-22-38-29-59(56-54-38)23-16-15-17-36-18-20-37(21-19-36)53-55-52/h18-21,29-35,39-48,60-65H,14-17,22-28H2,1-13H3/t30-,31-,32+,33-,34-,35+,39+,40?,41-,42+,43-,44-,45+,46-,47?,48+,49-,50-,51-/m1/s1. The molecule has 1 aromatic heterocycles. The van der Waals surface area contributed by atoms with Gasteiger partial charge in [-0.3, -0.25) is 4.68 Å². The summed E-state index contributed by atoms with van der Waals surface area (Å²) in [6.45, 7) is 20.1. The van der Waals surface area contributed by atoms with Crippen molar-refractivity contribution < 1.29 is 54.3 Å². The summed E-state index contributed by atoms with van der Waals surface area (Å²) in [5, 5.41) is 84.7. The Morgan fingerprint density at radius 2 is 1.61 bits per heavy atom. The first-order valence-electron chi connectivity index (χ1n) is 25.6. The molecule has 0 amide bonds. The largest absolute Gasteiger partial charge is 0.388 e. The van der Waals surface area contributed by atoms with Crippen LogP contribution < -0.4 is 0 Å². The van der Waals surface area contributed by atoms with E-state index in [2.05, 4.69) is 25.2 Å². The van der Waals surface area contributed by atoms with Crippen LogP contribution in [0.15, 0.2) is 35.6 Å². The Bertz CT molecular complexity index is 1960. The summed E-state index contributed by atoms with van der Waals surface area (Å²) in [4.78, 5) is 6.89. The maximum atomic E-state index is 12.9. The number of unbranched alkanes of at least 4 members (excludes halogenated alkanes) is 1. The highest BCUT2D eigenvalue weighted by atomic mass is 16.7. The minimum absolute atomic E-state index is 0.149. The number of aryl methyl sites for hydroxylation is 2. The third-order valence-corrected chi connectivity index (χ3v) is 16.1. The lowest BCUT2D eigenvalue weighted by Crippen LogP contribution is -2.62. The molecule has 19 heteroatoms. The summed E-state index contributed by atoms with van der Waals surface area (Å²) < 4.78 is 34.4. The predicted molar refractivity (Wildman–Crippen MR) is 265 cm³/mol. The number of aromatic nitrogens is 3. The second-order valence-corrected chi connectivity index (χ2v) is 22.0. The number of hydrogen-bond donors (Lipinski definition) is 6. The van der Waals surface area contributed by atoms with E-state index in [1.54, 1.807) is 21.0 Å².